The van der Waals surface area contributed by atoms with E-state index in [2.05, 4.69) is 48.1 Å². The lowest BCUT2D eigenvalue weighted by atomic mass is 9.68. The smallest absolute Gasteiger partial charge is 0.270 e. The first-order chi connectivity index (χ1) is 35.2. The van der Waals surface area contributed by atoms with Gasteiger partial charge in [0.1, 0.15) is 36.1 Å². The summed E-state index contributed by atoms with van der Waals surface area (Å²) in [6.45, 7) is 20.3. The second-order valence-electron chi connectivity index (χ2n) is 19.9. The monoisotopic (exact) mass is 969 g/mol. The van der Waals surface area contributed by atoms with Crippen molar-refractivity contribution in [2.45, 2.75) is 156 Å². The van der Waals surface area contributed by atoms with Crippen molar-refractivity contribution in [1.29, 1.82) is 5.26 Å². The predicted molar refractivity (Wildman–Crippen MR) is 294 cm³/mol. The fourth-order valence-corrected chi connectivity index (χ4v) is 11.3. The minimum atomic E-state index is -0.530. The van der Waals surface area contributed by atoms with Crippen molar-refractivity contribution in [1.82, 2.24) is 0 Å². The maximum absolute atomic E-state index is 15.8. The fraction of sp³-hybridized carbons (Fsp3) is 0.444. The minimum Gasteiger partial charge on any atom is -0.872 e. The van der Waals surface area contributed by atoms with E-state index in [-0.39, 0.29) is 56.6 Å². The van der Waals surface area contributed by atoms with Gasteiger partial charge in [-0.2, -0.15) is 0 Å². The van der Waals surface area contributed by atoms with Crippen LogP contribution in [0.5, 0.6) is 23.0 Å². The number of rotatable bonds is 26. The minimum absolute atomic E-state index is 0.0183. The lowest BCUT2D eigenvalue weighted by Crippen LogP contribution is -2.31. The molecule has 378 valence electrons. The molecule has 2 aliphatic carbocycles. The third-order valence-electron chi connectivity index (χ3n) is 14.9. The molecule has 9 nitrogen and oxygen atoms in total. The molecular weight excluding hydrogens is 893 g/mol. The molecule has 0 aliphatic heterocycles. The Morgan fingerprint density at radius 1 is 0.542 bits per heavy atom. The maximum Gasteiger partial charge on any atom is 0.270 e. The number of benzene rings is 5. The van der Waals surface area contributed by atoms with Crippen LogP contribution in [-0.2, 0) is 0 Å². The summed E-state index contributed by atoms with van der Waals surface area (Å²) >= 11 is 0. The van der Waals surface area contributed by atoms with Gasteiger partial charge in [-0.1, -0.05) is 160 Å². The molecule has 0 saturated heterocycles. The highest BCUT2D eigenvalue weighted by atomic mass is 16.3. The quantitative estimate of drug-likeness (QED) is 0.0140. The molecule has 0 spiro atoms. The van der Waals surface area contributed by atoms with E-state index >= 15 is 5.11 Å². The molecule has 5 aromatic carbocycles. The average molecular weight is 969 g/mol. The van der Waals surface area contributed by atoms with Crippen molar-refractivity contribution < 1.29 is 30.1 Å². The first kappa shape index (κ1) is 53.1. The summed E-state index contributed by atoms with van der Waals surface area (Å²) in [6, 6.07) is 23.4. The third-order valence-corrected chi connectivity index (χ3v) is 14.9. The van der Waals surface area contributed by atoms with Crippen LogP contribution in [0.15, 0.2) is 95.4 Å². The SMILES string of the molecule is [C-]#[N+]/C(C#N)=C1\C(=C2c3c(O)cccc3C(=[N+](CCCCCCC)CCCCCCC)c3cccc(O)c32)C([O-])=C1c1c2c(O)cccc2c(N(CCCCCCC)CCCCCCC)c2cccc(O)c12. The first-order valence-corrected chi connectivity index (χ1v) is 27.3. The van der Waals surface area contributed by atoms with Crippen LogP contribution >= 0.6 is 0 Å². The molecular formula is C63H76N4O5. The summed E-state index contributed by atoms with van der Waals surface area (Å²) in [5.74, 6) is -0.940. The molecule has 0 amide bonds. The van der Waals surface area contributed by atoms with E-state index in [1.54, 1.807) is 48.5 Å². The number of phenolic OH excluding ortho intramolecular Hbond substituents is 4. The van der Waals surface area contributed by atoms with Gasteiger partial charge in [0, 0.05) is 75.3 Å². The van der Waals surface area contributed by atoms with Crippen molar-refractivity contribution in [3.8, 4) is 29.1 Å². The molecule has 0 fully saturated rings. The summed E-state index contributed by atoms with van der Waals surface area (Å²) in [6.07, 6.45) is 21.9. The summed E-state index contributed by atoms with van der Waals surface area (Å²) < 4.78 is 2.39. The zero-order chi connectivity index (χ0) is 51.1. The van der Waals surface area contributed by atoms with Crippen LogP contribution in [-0.4, -0.2) is 56.9 Å². The van der Waals surface area contributed by atoms with Crippen molar-refractivity contribution in [3.63, 3.8) is 0 Å². The molecule has 2 aliphatic rings. The highest BCUT2D eigenvalue weighted by Crippen LogP contribution is 2.58. The Kier molecular flexibility index (Phi) is 18.9. The van der Waals surface area contributed by atoms with Gasteiger partial charge >= 0.3 is 0 Å². The number of fused-ring (bicyclic) bond motifs is 4. The van der Waals surface area contributed by atoms with Crippen molar-refractivity contribution >= 4 is 44.1 Å². The zero-order valence-electron chi connectivity index (χ0n) is 43.4. The summed E-state index contributed by atoms with van der Waals surface area (Å²) in [4.78, 5) is 6.13. The highest BCUT2D eigenvalue weighted by Gasteiger charge is 2.42. The maximum atomic E-state index is 15.8. The van der Waals surface area contributed by atoms with Gasteiger partial charge in [-0.05, 0) is 73.2 Å². The molecule has 0 aromatic heterocycles. The Bertz CT molecular complexity index is 2800. The van der Waals surface area contributed by atoms with E-state index in [1.807, 2.05) is 24.3 Å². The summed E-state index contributed by atoms with van der Waals surface area (Å²) in [7, 11) is 0. The highest BCUT2D eigenvalue weighted by molar-refractivity contribution is 6.27. The van der Waals surface area contributed by atoms with Crippen LogP contribution in [0.3, 0.4) is 0 Å². The van der Waals surface area contributed by atoms with Gasteiger partial charge in [0.05, 0.1) is 29.5 Å². The Morgan fingerprint density at radius 3 is 1.39 bits per heavy atom. The molecule has 7 rings (SSSR count). The molecule has 0 heterocycles. The van der Waals surface area contributed by atoms with Crippen LogP contribution in [0, 0.1) is 17.9 Å². The van der Waals surface area contributed by atoms with Gasteiger partial charge < -0.3 is 30.4 Å². The Labute approximate surface area is 428 Å². The van der Waals surface area contributed by atoms with E-state index < -0.39 is 5.76 Å². The van der Waals surface area contributed by atoms with E-state index in [1.165, 1.54) is 25.7 Å². The number of phenols is 4. The predicted octanol–water partition coefficient (Wildman–Crippen LogP) is 15.0. The number of unbranched alkanes of at least 4 members (excludes halogenated alkanes) is 16. The molecule has 9 heteroatoms. The van der Waals surface area contributed by atoms with E-state index in [0.29, 0.717) is 43.8 Å². The van der Waals surface area contributed by atoms with Gasteiger partial charge in [-0.15, -0.1) is 0 Å². The molecule has 0 atom stereocenters. The van der Waals surface area contributed by atoms with Crippen LogP contribution < -0.4 is 10.0 Å². The topological polar surface area (TPSA) is 138 Å². The number of hydrogen-bond acceptors (Lipinski definition) is 7. The second kappa shape index (κ2) is 25.6. The summed E-state index contributed by atoms with van der Waals surface area (Å²) in [5, 5.41) is 77.3. The van der Waals surface area contributed by atoms with Crippen LogP contribution in [0.1, 0.15) is 184 Å². The van der Waals surface area contributed by atoms with Crippen molar-refractivity contribution in [2.75, 3.05) is 31.1 Å². The van der Waals surface area contributed by atoms with Crippen molar-refractivity contribution in [2.24, 2.45) is 0 Å². The Hall–Kier alpha value is -6.71. The number of nitriles is 1. The first-order valence-electron chi connectivity index (χ1n) is 27.3. The second-order valence-corrected chi connectivity index (χ2v) is 19.9. The third kappa shape index (κ3) is 11.0. The van der Waals surface area contributed by atoms with Gasteiger partial charge in [0.2, 0.25) is 5.71 Å². The lowest BCUT2D eigenvalue weighted by Gasteiger charge is -2.41. The molecule has 0 unspecified atom stereocenters. The van der Waals surface area contributed by atoms with E-state index in [4.69, 9.17) is 6.57 Å². The number of anilines is 1. The van der Waals surface area contributed by atoms with Gasteiger partial charge in [0.25, 0.3) is 5.70 Å². The van der Waals surface area contributed by atoms with E-state index in [9.17, 15) is 25.7 Å². The molecule has 0 radical (unpaired) electrons. The fourth-order valence-electron chi connectivity index (χ4n) is 11.3. The molecule has 0 bridgehead atoms. The standard InChI is InChI=1S/C63H76N4O5/c1-6-10-14-18-22-38-66(39-23-19-15-11-7-2)61-43-30-26-34-48(68)52(43)57(53-44(61)31-27-35-49(53)69)59-56(47(42-64)65-5)60(63(59)72)58-54-45(32-28-36-50(54)70)62(46-33-29-37-51(71)55(46)58)67(40-24-20-16-12-8-3)41-25-21-17-13-9-4/h26-37H,6-25,38-41H2,1-4H3,(H4-,68,69,70,71,72). The van der Waals surface area contributed by atoms with Crippen LogP contribution in [0.25, 0.3) is 37.5 Å². The van der Waals surface area contributed by atoms with Gasteiger partial charge in [0.15, 0.2) is 0 Å². The molecule has 72 heavy (non-hydrogen) atoms. The van der Waals surface area contributed by atoms with Crippen LogP contribution in [0.2, 0.25) is 0 Å². The molecule has 5 aromatic rings. The number of allylic oxidation sites excluding steroid dienone is 3. The Balaban J connectivity index is 1.53. The Morgan fingerprint density at radius 2 is 0.958 bits per heavy atom. The van der Waals surface area contributed by atoms with Crippen molar-refractivity contribution in [3.05, 3.63) is 135 Å². The number of aromatic hydroxyl groups is 4. The van der Waals surface area contributed by atoms with Gasteiger partial charge in [-0.3, -0.25) is 0 Å². The van der Waals surface area contributed by atoms with Gasteiger partial charge in [-0.25, -0.2) is 14.7 Å². The lowest BCUT2D eigenvalue weighted by molar-refractivity contribution is -0.528. The van der Waals surface area contributed by atoms with Crippen LogP contribution in [0.4, 0.5) is 5.69 Å². The normalized spacial score (nSPS) is 13.8. The summed E-state index contributed by atoms with van der Waals surface area (Å²) in [5.41, 5.74) is 4.00. The zero-order valence-corrected chi connectivity index (χ0v) is 43.4. The molecule has 4 N–H and O–H groups in total. The molecule has 0 saturated carbocycles. The number of hydrogen-bond donors (Lipinski definition) is 4. The van der Waals surface area contributed by atoms with E-state index in [0.717, 1.165) is 140 Å². The largest absolute Gasteiger partial charge is 0.872 e. The number of nitrogens with zero attached hydrogens (tertiary/aromatic N) is 4. The average Bonchev–Trinajstić information content (AvgIpc) is 3.37.